The van der Waals surface area contributed by atoms with Gasteiger partial charge in [-0.05, 0) is 55.7 Å². The van der Waals surface area contributed by atoms with E-state index < -0.39 is 35.2 Å². The van der Waals surface area contributed by atoms with Gasteiger partial charge >= 0.3 is 6.09 Å². The molecule has 3 amide bonds. The van der Waals surface area contributed by atoms with E-state index in [0.717, 1.165) is 12.1 Å². The topological polar surface area (TPSA) is 137 Å². The summed E-state index contributed by atoms with van der Waals surface area (Å²) < 4.78 is 34.3. The number of aryl methyl sites for hydroxylation is 1. The number of H-pyrrole nitrogens is 1. The van der Waals surface area contributed by atoms with E-state index in [1.807, 2.05) is 0 Å². The van der Waals surface area contributed by atoms with E-state index in [9.17, 15) is 23.2 Å². The molecule has 0 aliphatic carbocycles. The van der Waals surface area contributed by atoms with Crippen molar-refractivity contribution >= 4 is 40.9 Å². The maximum Gasteiger partial charge on any atom is 0.411 e. The summed E-state index contributed by atoms with van der Waals surface area (Å²) >= 11 is 6.53. The first-order valence-corrected chi connectivity index (χ1v) is 13.3. The van der Waals surface area contributed by atoms with Crippen LogP contribution in [0.15, 0.2) is 42.5 Å². The van der Waals surface area contributed by atoms with Gasteiger partial charge in [0.2, 0.25) is 5.91 Å². The normalized spacial score (nSPS) is 18.0. The molecule has 1 aromatic heterocycles. The fourth-order valence-electron chi connectivity index (χ4n) is 4.45. The Hall–Kier alpha value is -4.29. The molecular formula is C28H27ClF2N6O4. The predicted octanol–water partition coefficient (Wildman–Crippen LogP) is 4.99. The lowest BCUT2D eigenvalue weighted by molar-refractivity contribution is -0.116. The number of fused-ring (bicyclic) bond motifs is 4. The van der Waals surface area contributed by atoms with Crippen molar-refractivity contribution in [2.45, 2.75) is 38.3 Å². The molecule has 214 valence electrons. The van der Waals surface area contributed by atoms with Crippen molar-refractivity contribution in [3.63, 3.8) is 0 Å². The molecule has 0 spiro atoms. The maximum atomic E-state index is 14.5. The smallest absolute Gasteiger partial charge is 0.411 e. The Kier molecular flexibility index (Phi) is 8.31. The SMILES string of the molecule is Cc1cc(F)c(C(=O)N[C@H]2C/C=C\CCC(=O)Nc3cc(NC(=O)OC4CNC4)ccc3-c3nc2[nH]c3Cl)c(F)c1. The van der Waals surface area contributed by atoms with Crippen LogP contribution in [0.2, 0.25) is 5.15 Å². The molecule has 1 atom stereocenters. The van der Waals surface area contributed by atoms with Gasteiger partial charge in [-0.1, -0.05) is 23.8 Å². The fourth-order valence-corrected chi connectivity index (χ4v) is 4.69. The fraction of sp³-hybridized carbons (Fsp3) is 0.286. The zero-order valence-corrected chi connectivity index (χ0v) is 22.7. The molecule has 0 unspecified atom stereocenters. The second kappa shape index (κ2) is 12.1. The van der Waals surface area contributed by atoms with Crippen molar-refractivity contribution in [3.05, 3.63) is 76.2 Å². The first kappa shape index (κ1) is 28.2. The summed E-state index contributed by atoms with van der Waals surface area (Å²) in [7, 11) is 0. The van der Waals surface area contributed by atoms with Gasteiger partial charge in [-0.15, -0.1) is 0 Å². The molecule has 2 aliphatic heterocycles. The molecule has 3 heterocycles. The highest BCUT2D eigenvalue weighted by molar-refractivity contribution is 6.32. The number of anilines is 2. The number of halogens is 3. The number of nitrogens with one attached hydrogen (secondary N) is 5. The third-order valence-corrected chi connectivity index (χ3v) is 6.89. The van der Waals surface area contributed by atoms with Gasteiger partial charge in [0.15, 0.2) is 0 Å². The maximum absolute atomic E-state index is 14.5. The molecule has 2 bridgehead atoms. The molecule has 2 aromatic carbocycles. The molecule has 10 nitrogen and oxygen atoms in total. The number of allylic oxidation sites excluding steroid dienone is 1. The molecule has 5 N–H and O–H groups in total. The predicted molar refractivity (Wildman–Crippen MR) is 149 cm³/mol. The molecule has 3 aromatic rings. The Morgan fingerprint density at radius 2 is 1.88 bits per heavy atom. The summed E-state index contributed by atoms with van der Waals surface area (Å²) in [6, 6.07) is 6.14. The van der Waals surface area contributed by atoms with Crippen LogP contribution in [0.5, 0.6) is 0 Å². The van der Waals surface area contributed by atoms with Crippen molar-refractivity contribution in [1.82, 2.24) is 20.6 Å². The van der Waals surface area contributed by atoms with E-state index in [-0.39, 0.29) is 41.5 Å². The van der Waals surface area contributed by atoms with Gasteiger partial charge < -0.3 is 25.7 Å². The molecular weight excluding hydrogens is 558 g/mol. The van der Waals surface area contributed by atoms with E-state index in [1.165, 1.54) is 6.92 Å². The molecule has 0 radical (unpaired) electrons. The number of hydrogen-bond acceptors (Lipinski definition) is 6. The van der Waals surface area contributed by atoms with Crippen LogP contribution in [0.3, 0.4) is 0 Å². The number of hydrogen-bond donors (Lipinski definition) is 5. The van der Waals surface area contributed by atoms with E-state index >= 15 is 0 Å². The third-order valence-electron chi connectivity index (χ3n) is 6.62. The highest BCUT2D eigenvalue weighted by atomic mass is 35.5. The molecule has 1 fully saturated rings. The van der Waals surface area contributed by atoms with Crippen LogP contribution in [-0.2, 0) is 9.53 Å². The second-order valence-electron chi connectivity index (χ2n) is 9.78. The van der Waals surface area contributed by atoms with Crippen LogP contribution in [-0.4, -0.2) is 47.1 Å². The van der Waals surface area contributed by atoms with Gasteiger partial charge in [-0.3, -0.25) is 14.9 Å². The van der Waals surface area contributed by atoms with E-state index in [2.05, 4.69) is 31.2 Å². The summed E-state index contributed by atoms with van der Waals surface area (Å²) in [6.07, 6.45) is 3.43. The molecule has 0 saturated carbocycles. The number of benzene rings is 2. The highest BCUT2D eigenvalue weighted by Crippen LogP contribution is 2.36. The van der Waals surface area contributed by atoms with Crippen LogP contribution >= 0.6 is 11.6 Å². The number of aromatic nitrogens is 2. The van der Waals surface area contributed by atoms with Gasteiger partial charge in [-0.25, -0.2) is 18.6 Å². The lowest BCUT2D eigenvalue weighted by Crippen LogP contribution is -2.49. The van der Waals surface area contributed by atoms with Crippen molar-refractivity contribution in [3.8, 4) is 11.3 Å². The molecule has 2 aliphatic rings. The third kappa shape index (κ3) is 6.55. The van der Waals surface area contributed by atoms with Crippen LogP contribution < -0.4 is 21.3 Å². The zero-order chi connectivity index (χ0) is 29.1. The quantitative estimate of drug-likeness (QED) is 0.274. The number of aromatic amines is 1. The number of amides is 3. The van der Waals surface area contributed by atoms with Gasteiger partial charge in [-0.2, -0.15) is 0 Å². The van der Waals surface area contributed by atoms with Crippen LogP contribution in [0.25, 0.3) is 11.3 Å². The minimum Gasteiger partial charge on any atom is -0.443 e. The lowest BCUT2D eigenvalue weighted by Gasteiger charge is -2.26. The molecule has 1 saturated heterocycles. The minimum atomic E-state index is -0.977. The molecule has 41 heavy (non-hydrogen) atoms. The average molecular weight is 585 g/mol. The number of carbonyl (C=O) groups is 3. The number of carbonyl (C=O) groups excluding carboxylic acids is 3. The average Bonchev–Trinajstić information content (AvgIpc) is 3.26. The Labute approximate surface area is 238 Å². The van der Waals surface area contributed by atoms with E-state index in [1.54, 1.807) is 30.4 Å². The van der Waals surface area contributed by atoms with E-state index in [4.69, 9.17) is 16.3 Å². The van der Waals surface area contributed by atoms with Crippen LogP contribution in [0.4, 0.5) is 25.0 Å². The lowest BCUT2D eigenvalue weighted by atomic mass is 10.1. The van der Waals surface area contributed by atoms with Crippen LogP contribution in [0, 0.1) is 18.6 Å². The number of nitrogens with zero attached hydrogens (tertiary/aromatic N) is 1. The van der Waals surface area contributed by atoms with Gasteiger partial charge in [0, 0.05) is 30.8 Å². The number of ether oxygens (including phenoxy) is 1. The van der Waals surface area contributed by atoms with Crippen molar-refractivity contribution < 1.29 is 27.9 Å². The van der Waals surface area contributed by atoms with Crippen molar-refractivity contribution in [1.29, 1.82) is 0 Å². The highest BCUT2D eigenvalue weighted by Gasteiger charge is 2.26. The molecule has 13 heteroatoms. The summed E-state index contributed by atoms with van der Waals surface area (Å²) in [5.74, 6) is -2.94. The van der Waals surface area contributed by atoms with Gasteiger partial charge in [0.25, 0.3) is 5.91 Å². The number of rotatable bonds is 4. The summed E-state index contributed by atoms with van der Waals surface area (Å²) in [6.45, 7) is 2.69. The first-order valence-electron chi connectivity index (χ1n) is 13.0. The monoisotopic (exact) mass is 584 g/mol. The Morgan fingerprint density at radius 3 is 2.59 bits per heavy atom. The molecule has 5 rings (SSSR count). The zero-order valence-electron chi connectivity index (χ0n) is 21.9. The Bertz CT molecular complexity index is 1510. The first-order chi connectivity index (χ1) is 19.7. The van der Waals surface area contributed by atoms with Crippen molar-refractivity contribution in [2.75, 3.05) is 23.7 Å². The van der Waals surface area contributed by atoms with Gasteiger partial charge in [0.1, 0.15) is 40.0 Å². The largest absolute Gasteiger partial charge is 0.443 e. The Morgan fingerprint density at radius 1 is 1.12 bits per heavy atom. The second-order valence-corrected chi connectivity index (χ2v) is 10.2. The minimum absolute atomic E-state index is 0.112. The Balaban J connectivity index is 1.46. The standard InChI is InChI=1S/C28H27ClF2N6O4/c1-14-9-18(30)23(19(31)10-14)27(39)35-20-5-3-2-4-6-22(38)34-21-11-15(33-28(40)41-16-12-32-13-16)7-8-17(21)24-25(29)37-26(20)36-24/h2-3,7-11,16,20,32H,4-6,12-13H2,1H3,(H,33,40)(H,34,38)(H,35,39)(H,36,37)/b3-2-/t20-/m0/s1. The number of imidazole rings is 1. The van der Waals surface area contributed by atoms with E-state index in [0.29, 0.717) is 42.0 Å². The van der Waals surface area contributed by atoms with Crippen molar-refractivity contribution in [2.24, 2.45) is 0 Å². The summed E-state index contributed by atoms with van der Waals surface area (Å²) in [5.41, 5.74) is 1.07. The van der Waals surface area contributed by atoms with Gasteiger partial charge in [0.05, 0.1) is 11.7 Å². The summed E-state index contributed by atoms with van der Waals surface area (Å²) in [5, 5.41) is 11.3. The summed E-state index contributed by atoms with van der Waals surface area (Å²) in [4.78, 5) is 45.5. The van der Waals surface area contributed by atoms with Crippen LogP contribution in [0.1, 0.15) is 47.1 Å².